The summed E-state index contributed by atoms with van der Waals surface area (Å²) in [4.78, 5) is 68.2. The largest absolute Gasteiger partial charge is 0.371 e. The van der Waals surface area contributed by atoms with Crippen molar-refractivity contribution in [3.05, 3.63) is 83.3 Å². The maximum Gasteiger partial charge on any atom is 0.271 e. The number of imide groups is 1. The van der Waals surface area contributed by atoms with Gasteiger partial charge >= 0.3 is 0 Å². The molecule has 51 heavy (non-hydrogen) atoms. The normalized spacial score (nSPS) is 22.6. The molecule has 0 aliphatic carbocycles. The monoisotopic (exact) mass is 689 g/mol. The second kappa shape index (κ2) is 13.4. The first-order chi connectivity index (χ1) is 24.7. The van der Waals surface area contributed by atoms with Crippen molar-refractivity contribution < 1.29 is 19.2 Å². The maximum absolute atomic E-state index is 13.4. The predicted octanol–water partition coefficient (Wildman–Crippen LogP) is 3.62. The summed E-state index contributed by atoms with van der Waals surface area (Å²) in [7, 11) is 0. The van der Waals surface area contributed by atoms with E-state index in [2.05, 4.69) is 54.0 Å². The molecule has 5 aliphatic rings. The van der Waals surface area contributed by atoms with E-state index in [1.165, 1.54) is 5.56 Å². The minimum atomic E-state index is -0.806. The Balaban J connectivity index is 0.836. The molecule has 3 aromatic rings. The van der Waals surface area contributed by atoms with Gasteiger partial charge in [0.1, 0.15) is 11.9 Å². The number of amides is 4. The van der Waals surface area contributed by atoms with Crippen LogP contribution in [0.5, 0.6) is 0 Å². The van der Waals surface area contributed by atoms with Gasteiger partial charge in [0.15, 0.2) is 11.5 Å². The molecule has 6 heterocycles. The third-order valence-electron chi connectivity index (χ3n) is 11.1. The van der Waals surface area contributed by atoms with Crippen LogP contribution < -0.4 is 26.2 Å². The van der Waals surface area contributed by atoms with Crippen molar-refractivity contribution in [1.82, 2.24) is 25.1 Å². The fourth-order valence-corrected chi connectivity index (χ4v) is 8.09. The molecule has 4 saturated heterocycles. The number of anilines is 4. The number of benzene rings is 2. The maximum atomic E-state index is 13.4. The van der Waals surface area contributed by atoms with Gasteiger partial charge in [-0.15, -0.1) is 0 Å². The molecule has 0 bridgehead atoms. The van der Waals surface area contributed by atoms with Gasteiger partial charge in [-0.1, -0.05) is 18.7 Å². The number of piperidine rings is 2. The summed E-state index contributed by atoms with van der Waals surface area (Å²) in [6.45, 7) is 10.6. The number of likely N-dealkylation sites (tertiary alicyclic amines) is 1. The van der Waals surface area contributed by atoms with Gasteiger partial charge in [0, 0.05) is 49.8 Å². The topological polar surface area (TPSA) is 157 Å². The average Bonchev–Trinajstić information content (AvgIpc) is 3.66. The van der Waals surface area contributed by atoms with Crippen LogP contribution in [-0.2, 0) is 4.79 Å². The highest BCUT2D eigenvalue weighted by atomic mass is 16.2. The van der Waals surface area contributed by atoms with E-state index in [9.17, 15) is 19.2 Å². The van der Waals surface area contributed by atoms with Crippen LogP contribution in [0.1, 0.15) is 81.2 Å². The van der Waals surface area contributed by atoms with Crippen LogP contribution in [0, 0.1) is 5.92 Å². The Morgan fingerprint density at radius 3 is 2.39 bits per heavy atom. The molecule has 0 saturated carbocycles. The summed E-state index contributed by atoms with van der Waals surface area (Å²) in [6, 6.07) is 13.1. The molecule has 0 radical (unpaired) electrons. The molecular weight excluding hydrogens is 646 g/mol. The Hall–Kier alpha value is -5.30. The van der Waals surface area contributed by atoms with Crippen molar-refractivity contribution in [2.75, 3.05) is 60.9 Å². The molecule has 8 rings (SSSR count). The van der Waals surface area contributed by atoms with E-state index in [4.69, 9.17) is 5.73 Å². The summed E-state index contributed by atoms with van der Waals surface area (Å²) >= 11 is 0. The van der Waals surface area contributed by atoms with E-state index < -0.39 is 23.8 Å². The fraction of sp³-hybridized carbons (Fsp3) is 0.421. The molecule has 13 heteroatoms. The molecule has 264 valence electrons. The molecule has 2 aromatic carbocycles. The first kappa shape index (κ1) is 32.9. The van der Waals surface area contributed by atoms with Gasteiger partial charge in [-0.3, -0.25) is 24.1 Å². The Kier molecular flexibility index (Phi) is 8.66. The number of hydrogen-bond donors (Lipinski definition) is 3. The summed E-state index contributed by atoms with van der Waals surface area (Å²) < 4.78 is 0. The van der Waals surface area contributed by atoms with Gasteiger partial charge in [-0.05, 0) is 99.3 Å². The molecule has 1 unspecified atom stereocenters. The number of primary amides is 1. The van der Waals surface area contributed by atoms with Gasteiger partial charge in [0.05, 0.1) is 17.3 Å². The Labute approximate surface area is 296 Å². The fourth-order valence-electron chi connectivity index (χ4n) is 8.09. The number of fused-ring (bicyclic) bond motifs is 1. The van der Waals surface area contributed by atoms with Crippen LogP contribution in [-0.4, -0.2) is 95.3 Å². The predicted molar refractivity (Wildman–Crippen MR) is 193 cm³/mol. The summed E-state index contributed by atoms with van der Waals surface area (Å²) in [5.74, 6) is 0.354. The number of nitrogens with one attached hydrogen (secondary N) is 2. The Bertz CT molecular complexity index is 1900. The molecule has 4 N–H and O–H groups in total. The van der Waals surface area contributed by atoms with Gasteiger partial charge in [-0.2, -0.15) is 0 Å². The summed E-state index contributed by atoms with van der Waals surface area (Å²) in [6.07, 6.45) is 6.90. The highest BCUT2D eigenvalue weighted by molar-refractivity contribution is 6.23. The lowest BCUT2D eigenvalue weighted by molar-refractivity contribution is -0.125. The highest BCUT2D eigenvalue weighted by Crippen LogP contribution is 2.35. The van der Waals surface area contributed by atoms with E-state index in [-0.39, 0.29) is 11.6 Å². The molecule has 1 aromatic heterocycles. The van der Waals surface area contributed by atoms with E-state index in [0.717, 1.165) is 93.6 Å². The first-order valence-electron chi connectivity index (χ1n) is 18.0. The lowest BCUT2D eigenvalue weighted by Gasteiger charge is -2.34. The van der Waals surface area contributed by atoms with Crippen LogP contribution >= 0.6 is 0 Å². The quantitative estimate of drug-likeness (QED) is 0.284. The van der Waals surface area contributed by atoms with Crippen molar-refractivity contribution in [2.24, 2.45) is 11.7 Å². The standard InChI is InChI=1S/C38H43N9O4/c1-23-3-10-31(36(49)41-23)47-37(50)29-9-8-28(19-30(29)38(47)51)46-18-11-24(22-46)21-44-16-12-26(13-17-44)25-4-6-27(7-5-25)42-35-33(34(39)48)40-20-32(43-35)45-14-2-15-45/h4-9,19-20,24,26,31H,1-3,10-18,21-22H2,(H2,39,48)(H,41,49)(H,42,43)/t24-,31?/m1/s1. The summed E-state index contributed by atoms with van der Waals surface area (Å²) in [5.41, 5.74) is 10.1. The second-order valence-electron chi connectivity index (χ2n) is 14.4. The van der Waals surface area contributed by atoms with E-state index in [1.54, 1.807) is 12.3 Å². The van der Waals surface area contributed by atoms with Crippen molar-refractivity contribution in [3.63, 3.8) is 0 Å². The number of carbonyl (C=O) groups is 4. The average molecular weight is 690 g/mol. The van der Waals surface area contributed by atoms with Gasteiger partial charge < -0.3 is 31.1 Å². The number of hydrogen-bond acceptors (Lipinski definition) is 10. The number of rotatable bonds is 9. The van der Waals surface area contributed by atoms with E-state index in [0.29, 0.717) is 47.3 Å². The number of carbonyl (C=O) groups excluding carboxylic acids is 4. The zero-order chi connectivity index (χ0) is 35.2. The molecule has 5 aliphatic heterocycles. The van der Waals surface area contributed by atoms with Gasteiger partial charge in [0.25, 0.3) is 17.7 Å². The minimum Gasteiger partial charge on any atom is -0.371 e. The van der Waals surface area contributed by atoms with Crippen LogP contribution in [0.4, 0.5) is 23.0 Å². The lowest BCUT2D eigenvalue weighted by atomic mass is 9.89. The van der Waals surface area contributed by atoms with E-state index in [1.807, 2.05) is 24.3 Å². The smallest absolute Gasteiger partial charge is 0.271 e. The highest BCUT2D eigenvalue weighted by Gasteiger charge is 2.44. The molecule has 13 nitrogen and oxygen atoms in total. The SMILES string of the molecule is C=C1CCC(N2C(=O)c3ccc(N4CC[C@H](CN5CCC(c6ccc(Nc7nc(N8CCC8)cnc7C(N)=O)cc6)CC5)C4)cc3C2=O)C(=O)N1. The van der Waals surface area contributed by atoms with Crippen molar-refractivity contribution >= 4 is 46.6 Å². The third kappa shape index (κ3) is 6.42. The Morgan fingerprint density at radius 2 is 1.69 bits per heavy atom. The molecule has 4 fully saturated rings. The summed E-state index contributed by atoms with van der Waals surface area (Å²) in [5, 5.41) is 5.95. The molecular formula is C38H43N9O4. The number of allylic oxidation sites excluding steroid dienone is 1. The molecule has 4 amide bonds. The molecule has 2 atom stereocenters. The van der Waals surface area contributed by atoms with Crippen molar-refractivity contribution in [1.29, 1.82) is 0 Å². The van der Waals surface area contributed by atoms with Gasteiger partial charge in [0.2, 0.25) is 5.91 Å². The second-order valence-corrected chi connectivity index (χ2v) is 14.4. The molecule has 0 spiro atoms. The van der Waals surface area contributed by atoms with Crippen LogP contribution in [0.25, 0.3) is 0 Å². The van der Waals surface area contributed by atoms with Crippen molar-refractivity contribution in [2.45, 2.75) is 50.5 Å². The van der Waals surface area contributed by atoms with Gasteiger partial charge in [-0.25, -0.2) is 9.97 Å². The van der Waals surface area contributed by atoms with E-state index >= 15 is 0 Å². The third-order valence-corrected chi connectivity index (χ3v) is 11.1. The minimum absolute atomic E-state index is 0.130. The van der Waals surface area contributed by atoms with Crippen molar-refractivity contribution in [3.8, 4) is 0 Å². The zero-order valence-corrected chi connectivity index (χ0v) is 28.6. The first-order valence-corrected chi connectivity index (χ1v) is 18.0. The lowest BCUT2D eigenvalue weighted by Crippen LogP contribution is -2.51. The number of aromatic nitrogens is 2. The zero-order valence-electron chi connectivity index (χ0n) is 28.6. The number of nitrogens with zero attached hydrogens (tertiary/aromatic N) is 6. The van der Waals surface area contributed by atoms with Crippen LogP contribution in [0.15, 0.2) is 60.9 Å². The number of nitrogens with two attached hydrogens (primary N) is 1. The van der Waals surface area contributed by atoms with Crippen LogP contribution in [0.3, 0.4) is 0 Å². The van der Waals surface area contributed by atoms with Crippen LogP contribution in [0.2, 0.25) is 0 Å². The Morgan fingerprint density at radius 1 is 0.922 bits per heavy atom.